The van der Waals surface area contributed by atoms with Crippen molar-refractivity contribution < 1.29 is 13.6 Å². The molecule has 2 aromatic rings. The van der Waals surface area contributed by atoms with Crippen molar-refractivity contribution >= 4 is 17.2 Å². The van der Waals surface area contributed by atoms with E-state index in [-0.39, 0.29) is 18.0 Å². The molecule has 0 unspecified atom stereocenters. The van der Waals surface area contributed by atoms with E-state index >= 15 is 0 Å². The van der Waals surface area contributed by atoms with Gasteiger partial charge in [-0.25, -0.2) is 8.78 Å². The third kappa shape index (κ3) is 3.51. The molecule has 1 amide bonds. The maximum absolute atomic E-state index is 13.6. The Morgan fingerprint density at radius 3 is 2.75 bits per heavy atom. The lowest BCUT2D eigenvalue weighted by Crippen LogP contribution is -2.28. The lowest BCUT2D eigenvalue weighted by molar-refractivity contribution is -0.127. The summed E-state index contributed by atoms with van der Waals surface area (Å²) in [5.74, 6) is -1.37. The van der Waals surface area contributed by atoms with Crippen LogP contribution in [0.15, 0.2) is 47.7 Å². The summed E-state index contributed by atoms with van der Waals surface area (Å²) in [6, 6.07) is 5.10. The molecule has 1 aromatic carbocycles. The van der Waals surface area contributed by atoms with Crippen LogP contribution in [-0.4, -0.2) is 10.8 Å². The zero-order chi connectivity index (χ0) is 14.5. The lowest BCUT2D eigenvalue weighted by Gasteiger charge is -2.21. The van der Waals surface area contributed by atoms with Gasteiger partial charge in [-0.2, -0.15) is 11.3 Å². The molecule has 5 heteroatoms. The van der Waals surface area contributed by atoms with Crippen molar-refractivity contribution in [1.29, 1.82) is 0 Å². The second kappa shape index (κ2) is 6.43. The highest BCUT2D eigenvalue weighted by Crippen LogP contribution is 2.16. The van der Waals surface area contributed by atoms with E-state index in [4.69, 9.17) is 0 Å². The average molecular weight is 293 g/mol. The van der Waals surface area contributed by atoms with Crippen molar-refractivity contribution in [3.05, 3.63) is 70.4 Å². The van der Waals surface area contributed by atoms with Crippen LogP contribution >= 0.6 is 11.3 Å². The van der Waals surface area contributed by atoms with E-state index in [2.05, 4.69) is 6.58 Å². The molecule has 0 spiro atoms. The summed E-state index contributed by atoms with van der Waals surface area (Å²) in [7, 11) is 0. The van der Waals surface area contributed by atoms with Gasteiger partial charge in [0.25, 0.3) is 0 Å². The van der Waals surface area contributed by atoms with Crippen molar-refractivity contribution in [2.75, 3.05) is 0 Å². The first-order valence-corrected chi connectivity index (χ1v) is 6.91. The minimum Gasteiger partial charge on any atom is -0.330 e. The van der Waals surface area contributed by atoms with E-state index < -0.39 is 11.6 Å². The summed E-state index contributed by atoms with van der Waals surface area (Å²) in [4.78, 5) is 13.3. The molecule has 1 aromatic heterocycles. The number of amides is 1. The molecule has 0 fully saturated rings. The Kier molecular flexibility index (Phi) is 4.63. The lowest BCUT2D eigenvalue weighted by atomic mass is 10.1. The van der Waals surface area contributed by atoms with Crippen LogP contribution in [0, 0.1) is 11.6 Å². The maximum Gasteiger partial charge on any atom is 0.246 e. The smallest absolute Gasteiger partial charge is 0.246 e. The van der Waals surface area contributed by atoms with Crippen LogP contribution in [0.2, 0.25) is 0 Å². The molecule has 0 bridgehead atoms. The number of rotatable bonds is 5. The zero-order valence-corrected chi connectivity index (χ0v) is 11.5. The molecular formula is C15H13F2NOS. The van der Waals surface area contributed by atoms with Gasteiger partial charge in [-0.3, -0.25) is 4.79 Å². The van der Waals surface area contributed by atoms with Gasteiger partial charge in [-0.05, 0) is 46.7 Å². The molecule has 0 saturated carbocycles. The third-order valence-corrected chi connectivity index (χ3v) is 3.54. The maximum atomic E-state index is 13.6. The van der Waals surface area contributed by atoms with Crippen molar-refractivity contribution in [3.8, 4) is 0 Å². The molecule has 104 valence electrons. The molecular weight excluding hydrogens is 280 g/mol. The highest BCUT2D eigenvalue weighted by atomic mass is 32.1. The van der Waals surface area contributed by atoms with Gasteiger partial charge in [0.15, 0.2) is 0 Å². The Morgan fingerprint density at radius 1 is 1.30 bits per heavy atom. The summed E-state index contributed by atoms with van der Waals surface area (Å²) >= 11 is 1.51. The van der Waals surface area contributed by atoms with Gasteiger partial charge in [0.1, 0.15) is 11.6 Å². The topological polar surface area (TPSA) is 20.3 Å². The number of nitrogens with zero attached hydrogens (tertiary/aromatic N) is 1. The summed E-state index contributed by atoms with van der Waals surface area (Å²) < 4.78 is 26.8. The Hall–Kier alpha value is -2.01. The standard InChI is InChI=1S/C15H13F2NOS/c1-2-15(19)18(8-11-5-6-20-10-11)9-12-7-13(16)3-4-14(12)17/h2-7,10H,1,8-9H2. The van der Waals surface area contributed by atoms with Crippen LogP contribution in [0.4, 0.5) is 8.78 Å². The van der Waals surface area contributed by atoms with Crippen molar-refractivity contribution in [1.82, 2.24) is 4.90 Å². The van der Waals surface area contributed by atoms with Gasteiger partial charge in [-0.15, -0.1) is 0 Å². The fourth-order valence-electron chi connectivity index (χ4n) is 1.81. The number of halogens is 2. The van der Waals surface area contributed by atoms with Gasteiger partial charge in [0, 0.05) is 18.7 Å². The highest BCUT2D eigenvalue weighted by Gasteiger charge is 2.15. The normalized spacial score (nSPS) is 10.3. The number of hydrogen-bond donors (Lipinski definition) is 0. The molecule has 0 radical (unpaired) electrons. The predicted molar refractivity (Wildman–Crippen MR) is 75.1 cm³/mol. The van der Waals surface area contributed by atoms with Crippen LogP contribution < -0.4 is 0 Å². The predicted octanol–water partition coefficient (Wildman–Crippen LogP) is 3.74. The number of benzene rings is 1. The first-order valence-electron chi connectivity index (χ1n) is 5.96. The van der Waals surface area contributed by atoms with E-state index in [1.54, 1.807) is 0 Å². The summed E-state index contributed by atoms with van der Waals surface area (Å²) in [6.07, 6.45) is 1.17. The monoisotopic (exact) mass is 293 g/mol. The van der Waals surface area contributed by atoms with Crippen LogP contribution in [0.1, 0.15) is 11.1 Å². The molecule has 0 N–H and O–H groups in total. The first-order chi connectivity index (χ1) is 9.60. The Morgan fingerprint density at radius 2 is 2.10 bits per heavy atom. The number of hydrogen-bond acceptors (Lipinski definition) is 2. The van der Waals surface area contributed by atoms with Gasteiger partial charge in [-0.1, -0.05) is 6.58 Å². The van der Waals surface area contributed by atoms with E-state index in [9.17, 15) is 13.6 Å². The quantitative estimate of drug-likeness (QED) is 0.769. The fourth-order valence-corrected chi connectivity index (χ4v) is 2.47. The molecule has 0 aliphatic heterocycles. The van der Waals surface area contributed by atoms with E-state index in [1.807, 2.05) is 16.8 Å². The molecule has 20 heavy (non-hydrogen) atoms. The molecule has 0 saturated heterocycles. The first kappa shape index (κ1) is 14.4. The van der Waals surface area contributed by atoms with E-state index in [1.165, 1.54) is 22.3 Å². The second-order valence-corrected chi connectivity index (χ2v) is 5.05. The Bertz CT molecular complexity index is 610. The van der Waals surface area contributed by atoms with Crippen LogP contribution in [0.5, 0.6) is 0 Å². The van der Waals surface area contributed by atoms with Gasteiger partial charge in [0.05, 0.1) is 0 Å². The molecule has 0 aliphatic carbocycles. The fraction of sp³-hybridized carbons (Fsp3) is 0.133. The van der Waals surface area contributed by atoms with Crippen LogP contribution in [0.3, 0.4) is 0 Å². The van der Waals surface area contributed by atoms with Crippen molar-refractivity contribution in [3.63, 3.8) is 0 Å². The molecule has 0 atom stereocenters. The van der Waals surface area contributed by atoms with Gasteiger partial charge < -0.3 is 4.90 Å². The number of carbonyl (C=O) groups is 1. The van der Waals surface area contributed by atoms with Crippen LogP contribution in [-0.2, 0) is 17.9 Å². The Balaban J connectivity index is 2.21. The van der Waals surface area contributed by atoms with E-state index in [0.717, 1.165) is 23.8 Å². The van der Waals surface area contributed by atoms with Gasteiger partial charge in [0.2, 0.25) is 5.91 Å². The number of carbonyl (C=O) groups excluding carboxylic acids is 1. The molecule has 0 aliphatic rings. The summed E-state index contributed by atoms with van der Waals surface area (Å²) in [5, 5.41) is 3.81. The van der Waals surface area contributed by atoms with E-state index in [0.29, 0.717) is 6.54 Å². The van der Waals surface area contributed by atoms with Crippen molar-refractivity contribution in [2.24, 2.45) is 0 Å². The minimum atomic E-state index is -0.529. The second-order valence-electron chi connectivity index (χ2n) is 4.27. The third-order valence-electron chi connectivity index (χ3n) is 2.81. The largest absolute Gasteiger partial charge is 0.330 e. The average Bonchev–Trinajstić information content (AvgIpc) is 2.94. The van der Waals surface area contributed by atoms with Gasteiger partial charge >= 0.3 is 0 Å². The van der Waals surface area contributed by atoms with Crippen LogP contribution in [0.25, 0.3) is 0 Å². The molecule has 1 heterocycles. The zero-order valence-electron chi connectivity index (χ0n) is 10.7. The number of thiophene rings is 1. The Labute approximate surface area is 120 Å². The minimum absolute atomic E-state index is 0.00426. The highest BCUT2D eigenvalue weighted by molar-refractivity contribution is 7.07. The van der Waals surface area contributed by atoms with Crippen molar-refractivity contribution in [2.45, 2.75) is 13.1 Å². The summed E-state index contributed by atoms with van der Waals surface area (Å²) in [6.45, 7) is 3.78. The summed E-state index contributed by atoms with van der Waals surface area (Å²) in [5.41, 5.74) is 1.09. The molecule has 2 nitrogen and oxygen atoms in total. The SMILES string of the molecule is C=CC(=O)N(Cc1ccsc1)Cc1cc(F)ccc1F. The molecule has 2 rings (SSSR count).